The van der Waals surface area contributed by atoms with E-state index in [1.165, 1.54) is 5.56 Å². The molecule has 4 aromatic rings. The highest BCUT2D eigenvalue weighted by molar-refractivity contribution is 7.11. The van der Waals surface area contributed by atoms with E-state index in [1.54, 1.807) is 17.6 Å². The van der Waals surface area contributed by atoms with Crippen molar-refractivity contribution in [2.75, 3.05) is 0 Å². The summed E-state index contributed by atoms with van der Waals surface area (Å²) in [7, 11) is 0. The zero-order chi connectivity index (χ0) is 16.9. The van der Waals surface area contributed by atoms with E-state index in [-0.39, 0.29) is 0 Å². The molecule has 2 heterocycles. The van der Waals surface area contributed by atoms with Gasteiger partial charge >= 0.3 is 0 Å². The number of hydrogen-bond acceptors (Lipinski definition) is 4. The van der Waals surface area contributed by atoms with Crippen LogP contribution in [0, 0.1) is 0 Å². The third kappa shape index (κ3) is 3.72. The van der Waals surface area contributed by atoms with Crippen molar-refractivity contribution in [2.24, 2.45) is 10.2 Å². The van der Waals surface area contributed by atoms with E-state index in [4.69, 9.17) is 0 Å². The second-order valence-corrected chi connectivity index (χ2v) is 6.55. The number of benzene rings is 2. The Morgan fingerprint density at radius 3 is 2.64 bits per heavy atom. The van der Waals surface area contributed by atoms with Crippen LogP contribution < -0.4 is 0 Å². The van der Waals surface area contributed by atoms with Gasteiger partial charge in [-0.25, -0.2) is 4.98 Å². The van der Waals surface area contributed by atoms with Gasteiger partial charge in [-0.05, 0) is 29.1 Å². The molecular weight excluding hydrogens is 328 g/mol. The predicted molar refractivity (Wildman–Crippen MR) is 105 cm³/mol. The van der Waals surface area contributed by atoms with Crippen molar-refractivity contribution in [3.8, 4) is 0 Å². The van der Waals surface area contributed by atoms with E-state index in [1.807, 2.05) is 60.0 Å². The summed E-state index contributed by atoms with van der Waals surface area (Å²) in [6.45, 7) is 0. The van der Waals surface area contributed by atoms with Crippen LogP contribution in [0.15, 0.2) is 82.3 Å². The van der Waals surface area contributed by atoms with Gasteiger partial charge < -0.3 is 4.98 Å². The molecule has 0 spiro atoms. The van der Waals surface area contributed by atoms with Gasteiger partial charge in [0.25, 0.3) is 0 Å². The van der Waals surface area contributed by atoms with E-state index in [0.29, 0.717) is 6.42 Å². The number of aromatic amines is 1. The van der Waals surface area contributed by atoms with Crippen LogP contribution in [0.1, 0.15) is 16.3 Å². The molecule has 0 fully saturated rings. The first-order chi connectivity index (χ1) is 12.4. The quantitative estimate of drug-likeness (QED) is 0.414. The van der Waals surface area contributed by atoms with Gasteiger partial charge in [0.2, 0.25) is 0 Å². The van der Waals surface area contributed by atoms with Crippen molar-refractivity contribution < 1.29 is 0 Å². The monoisotopic (exact) mass is 344 g/mol. The van der Waals surface area contributed by atoms with E-state index in [9.17, 15) is 0 Å². The van der Waals surface area contributed by atoms with Crippen LogP contribution in [-0.4, -0.2) is 21.9 Å². The number of imidazole rings is 1. The Kier molecular flexibility index (Phi) is 4.48. The third-order valence-corrected chi connectivity index (χ3v) is 4.59. The average molecular weight is 344 g/mol. The Bertz CT molecular complexity index is 981. The molecule has 4 nitrogen and oxygen atoms in total. The lowest BCUT2D eigenvalue weighted by Crippen LogP contribution is -2.07. The Balaban J connectivity index is 1.69. The number of aromatic nitrogens is 2. The maximum atomic E-state index is 4.67. The molecular formula is C20H16N4S. The standard InChI is InChI=1S/C20H16N4S/c1-2-7-15(8-3-1)13-19(24-21-14-16-9-6-12-25-16)20-22-17-10-4-5-11-18(17)23-20/h1-12,14H,13H2,(H,22,23)/b21-14+,24-19+. The first-order valence-electron chi connectivity index (χ1n) is 8.01. The molecule has 0 saturated heterocycles. The molecule has 0 atom stereocenters. The van der Waals surface area contributed by atoms with Gasteiger partial charge in [-0.3, -0.25) is 0 Å². The lowest BCUT2D eigenvalue weighted by Gasteiger charge is -2.02. The minimum absolute atomic E-state index is 0.669. The second kappa shape index (κ2) is 7.23. The topological polar surface area (TPSA) is 53.4 Å². The fourth-order valence-corrected chi connectivity index (χ4v) is 3.14. The third-order valence-electron chi connectivity index (χ3n) is 3.78. The highest BCUT2D eigenvalue weighted by Gasteiger charge is 2.10. The summed E-state index contributed by atoms with van der Waals surface area (Å²) in [5.41, 5.74) is 3.92. The molecule has 0 saturated carbocycles. The summed E-state index contributed by atoms with van der Waals surface area (Å²) in [6, 6.07) is 22.2. The molecule has 4 rings (SSSR count). The molecule has 2 aromatic heterocycles. The first kappa shape index (κ1) is 15.5. The van der Waals surface area contributed by atoms with Crippen molar-refractivity contribution >= 4 is 34.3 Å². The number of hydrogen-bond donors (Lipinski definition) is 1. The summed E-state index contributed by atoms with van der Waals surface area (Å²) in [6.07, 6.45) is 2.45. The van der Waals surface area contributed by atoms with Gasteiger partial charge in [0.05, 0.1) is 17.2 Å². The number of para-hydroxylation sites is 2. The normalized spacial score (nSPS) is 12.2. The molecule has 1 N–H and O–H groups in total. The minimum Gasteiger partial charge on any atom is -0.337 e. The summed E-state index contributed by atoms with van der Waals surface area (Å²) >= 11 is 1.64. The molecule has 25 heavy (non-hydrogen) atoms. The molecule has 0 bridgehead atoms. The average Bonchev–Trinajstić information content (AvgIpc) is 3.31. The maximum Gasteiger partial charge on any atom is 0.155 e. The molecule has 2 aromatic carbocycles. The van der Waals surface area contributed by atoms with Gasteiger partial charge in [0, 0.05) is 11.3 Å². The lowest BCUT2D eigenvalue weighted by molar-refractivity contribution is 1.15. The minimum atomic E-state index is 0.669. The van der Waals surface area contributed by atoms with Crippen molar-refractivity contribution in [1.29, 1.82) is 0 Å². The first-order valence-corrected chi connectivity index (χ1v) is 8.89. The number of thiophene rings is 1. The van der Waals surface area contributed by atoms with E-state index < -0.39 is 0 Å². The SMILES string of the molecule is C(=N\N=C(/Cc1ccccc1)c1nc2ccccc2[nH]1)/c1cccs1. The summed E-state index contributed by atoms with van der Waals surface area (Å²) in [5.74, 6) is 0.758. The van der Waals surface area contributed by atoms with E-state index >= 15 is 0 Å². The number of nitrogens with one attached hydrogen (secondary N) is 1. The van der Waals surface area contributed by atoms with Gasteiger partial charge in [-0.15, -0.1) is 11.3 Å². The molecule has 0 aliphatic heterocycles. The number of nitrogens with zero attached hydrogens (tertiary/aromatic N) is 3. The largest absolute Gasteiger partial charge is 0.337 e. The zero-order valence-corrected chi connectivity index (χ0v) is 14.3. The van der Waals surface area contributed by atoms with Gasteiger partial charge in [-0.2, -0.15) is 10.2 Å². The Morgan fingerprint density at radius 2 is 1.84 bits per heavy atom. The molecule has 0 unspecified atom stereocenters. The Morgan fingerprint density at radius 1 is 1.00 bits per heavy atom. The fraction of sp³-hybridized carbons (Fsp3) is 0.0500. The number of H-pyrrole nitrogens is 1. The number of fused-ring (bicyclic) bond motifs is 1. The van der Waals surface area contributed by atoms with Crippen molar-refractivity contribution in [3.63, 3.8) is 0 Å². The molecule has 0 aliphatic carbocycles. The zero-order valence-electron chi connectivity index (χ0n) is 13.5. The molecule has 5 heteroatoms. The summed E-state index contributed by atoms with van der Waals surface area (Å²) < 4.78 is 0. The highest BCUT2D eigenvalue weighted by Crippen LogP contribution is 2.13. The van der Waals surface area contributed by atoms with Crippen LogP contribution >= 0.6 is 11.3 Å². The summed E-state index contributed by atoms with van der Waals surface area (Å²) in [4.78, 5) is 9.09. The Hall–Kier alpha value is -3.05. The van der Waals surface area contributed by atoms with Gasteiger partial charge in [0.1, 0.15) is 5.71 Å². The van der Waals surface area contributed by atoms with Gasteiger partial charge in [-0.1, -0.05) is 48.5 Å². The fourth-order valence-electron chi connectivity index (χ4n) is 2.57. The highest BCUT2D eigenvalue weighted by atomic mass is 32.1. The lowest BCUT2D eigenvalue weighted by atomic mass is 10.1. The van der Waals surface area contributed by atoms with Crippen LogP contribution in [0.2, 0.25) is 0 Å². The van der Waals surface area contributed by atoms with E-state index in [2.05, 4.69) is 32.3 Å². The van der Waals surface area contributed by atoms with E-state index in [0.717, 1.165) is 27.4 Å². The maximum absolute atomic E-state index is 4.67. The summed E-state index contributed by atoms with van der Waals surface area (Å²) in [5, 5.41) is 10.8. The van der Waals surface area contributed by atoms with Crippen molar-refractivity contribution in [2.45, 2.75) is 6.42 Å². The smallest absolute Gasteiger partial charge is 0.155 e. The van der Waals surface area contributed by atoms with Gasteiger partial charge in [0.15, 0.2) is 5.82 Å². The van der Waals surface area contributed by atoms with Crippen LogP contribution in [0.25, 0.3) is 11.0 Å². The molecule has 0 radical (unpaired) electrons. The Labute approximate surface area is 149 Å². The van der Waals surface area contributed by atoms with Crippen LogP contribution in [0.5, 0.6) is 0 Å². The van der Waals surface area contributed by atoms with Crippen LogP contribution in [-0.2, 0) is 6.42 Å². The van der Waals surface area contributed by atoms with Crippen LogP contribution in [0.3, 0.4) is 0 Å². The van der Waals surface area contributed by atoms with Crippen molar-refractivity contribution in [3.05, 3.63) is 88.4 Å². The second-order valence-electron chi connectivity index (χ2n) is 5.57. The number of rotatable bonds is 5. The molecule has 0 aliphatic rings. The van der Waals surface area contributed by atoms with Crippen LogP contribution in [0.4, 0.5) is 0 Å². The predicted octanol–water partition coefficient (Wildman–Crippen LogP) is 4.69. The van der Waals surface area contributed by atoms with Crippen molar-refractivity contribution in [1.82, 2.24) is 9.97 Å². The molecule has 0 amide bonds. The molecule has 122 valence electrons.